The van der Waals surface area contributed by atoms with E-state index in [-0.39, 0.29) is 0 Å². The monoisotopic (exact) mass is 431 g/mol. The molecule has 0 unspecified atom stereocenters. The van der Waals surface area contributed by atoms with Crippen LogP contribution < -0.4 is 4.74 Å². The van der Waals surface area contributed by atoms with Crippen molar-refractivity contribution < 1.29 is 4.74 Å². The van der Waals surface area contributed by atoms with E-state index in [4.69, 9.17) is 4.74 Å². The van der Waals surface area contributed by atoms with E-state index in [1.54, 1.807) is 13.4 Å². The number of fused-ring (bicyclic) bond motifs is 2. The molecule has 5 rings (SSSR count). The number of piperidine rings is 1. The van der Waals surface area contributed by atoms with E-state index < -0.39 is 0 Å². The zero-order valence-electron chi connectivity index (χ0n) is 19.7. The van der Waals surface area contributed by atoms with Crippen molar-refractivity contribution in [2.24, 2.45) is 0 Å². The van der Waals surface area contributed by atoms with Gasteiger partial charge in [-0.25, -0.2) is 0 Å². The third kappa shape index (κ3) is 3.56. The summed E-state index contributed by atoms with van der Waals surface area (Å²) in [6.07, 6.45) is 6.27. The number of H-pyrrole nitrogens is 1. The van der Waals surface area contributed by atoms with Gasteiger partial charge in [0.2, 0.25) is 5.65 Å². The van der Waals surface area contributed by atoms with Crippen LogP contribution in [0.2, 0.25) is 0 Å². The molecule has 1 aliphatic heterocycles. The van der Waals surface area contributed by atoms with Gasteiger partial charge in [-0.05, 0) is 80.9 Å². The average molecular weight is 432 g/mol. The summed E-state index contributed by atoms with van der Waals surface area (Å²) in [5.41, 5.74) is 6.98. The first-order valence-corrected chi connectivity index (χ1v) is 11.7. The van der Waals surface area contributed by atoms with Gasteiger partial charge in [-0.15, -0.1) is 10.2 Å². The summed E-state index contributed by atoms with van der Waals surface area (Å²) in [5, 5.41) is 9.56. The number of aromatic amines is 1. The number of aromatic nitrogens is 4. The molecule has 1 N–H and O–H groups in total. The second-order valence-electron chi connectivity index (χ2n) is 9.64. The van der Waals surface area contributed by atoms with Gasteiger partial charge in [0.25, 0.3) is 0 Å². The van der Waals surface area contributed by atoms with Crippen LogP contribution in [0, 0.1) is 0 Å². The van der Waals surface area contributed by atoms with Crippen LogP contribution in [0.3, 0.4) is 0 Å². The van der Waals surface area contributed by atoms with Gasteiger partial charge in [-0.2, -0.15) is 0 Å². The highest BCUT2D eigenvalue weighted by molar-refractivity contribution is 5.92. The zero-order chi connectivity index (χ0) is 22.4. The van der Waals surface area contributed by atoms with Crippen LogP contribution in [-0.4, -0.2) is 50.7 Å². The molecule has 0 amide bonds. The van der Waals surface area contributed by atoms with Crippen molar-refractivity contribution in [2.75, 3.05) is 20.2 Å². The Morgan fingerprint density at radius 2 is 1.88 bits per heavy atom. The van der Waals surface area contributed by atoms with E-state index in [2.05, 4.69) is 78.2 Å². The van der Waals surface area contributed by atoms with Gasteiger partial charge >= 0.3 is 0 Å². The zero-order valence-corrected chi connectivity index (χ0v) is 19.7. The summed E-state index contributed by atoms with van der Waals surface area (Å²) in [7, 11) is 1.68. The quantitative estimate of drug-likeness (QED) is 0.447. The predicted molar refractivity (Wildman–Crippen MR) is 130 cm³/mol. The fraction of sp³-hybridized carbons (Fsp3) is 0.462. The number of rotatable bonds is 5. The Hall–Kier alpha value is -2.86. The Bertz CT molecular complexity index is 1240. The molecule has 4 heterocycles. The molecular weight excluding hydrogens is 398 g/mol. The number of hydrogen-bond acceptors (Lipinski definition) is 4. The predicted octanol–water partition coefficient (Wildman–Crippen LogP) is 5.60. The van der Waals surface area contributed by atoms with E-state index in [9.17, 15) is 0 Å². The minimum absolute atomic E-state index is 0.388. The molecule has 1 aliphatic rings. The fourth-order valence-corrected chi connectivity index (χ4v) is 5.25. The Kier molecular flexibility index (Phi) is 5.41. The van der Waals surface area contributed by atoms with Crippen molar-refractivity contribution in [3.05, 3.63) is 47.9 Å². The molecule has 168 valence electrons. The van der Waals surface area contributed by atoms with Gasteiger partial charge in [0, 0.05) is 28.7 Å². The normalized spacial score (nSPS) is 16.1. The highest BCUT2D eigenvalue weighted by Crippen LogP contribution is 2.39. The van der Waals surface area contributed by atoms with E-state index >= 15 is 0 Å². The first-order valence-electron chi connectivity index (χ1n) is 11.7. The summed E-state index contributed by atoms with van der Waals surface area (Å²) in [4.78, 5) is 6.30. The summed E-state index contributed by atoms with van der Waals surface area (Å²) in [6.45, 7) is 11.5. The number of pyridine rings is 1. The molecule has 1 aromatic carbocycles. The second-order valence-corrected chi connectivity index (χ2v) is 9.64. The lowest BCUT2D eigenvalue weighted by atomic mass is 9.87. The van der Waals surface area contributed by atoms with E-state index in [1.807, 2.05) is 4.40 Å². The van der Waals surface area contributed by atoms with Crippen molar-refractivity contribution >= 4 is 16.6 Å². The summed E-state index contributed by atoms with van der Waals surface area (Å²) in [5.74, 6) is 1.76. The molecular formula is C26H33N5O. The van der Waals surface area contributed by atoms with Crippen LogP contribution in [0.15, 0.2) is 36.8 Å². The smallest absolute Gasteiger partial charge is 0.203 e. The minimum Gasteiger partial charge on any atom is -0.493 e. The Labute approximate surface area is 189 Å². The summed E-state index contributed by atoms with van der Waals surface area (Å²) >= 11 is 0. The molecule has 4 aromatic rings. The number of nitrogens with one attached hydrogen (secondary N) is 1. The van der Waals surface area contributed by atoms with Crippen LogP contribution in [0.5, 0.6) is 5.75 Å². The maximum absolute atomic E-state index is 5.61. The number of benzene rings is 1. The maximum atomic E-state index is 5.61. The van der Waals surface area contributed by atoms with E-state index in [1.165, 1.54) is 48.0 Å². The van der Waals surface area contributed by atoms with E-state index in [0.717, 1.165) is 22.7 Å². The topological polar surface area (TPSA) is 58.5 Å². The molecule has 3 aromatic heterocycles. The SMILES string of the molecule is COc1cc(-c2[nH]c3ccc(C4CCN(C(C)C)CC4)cc3c2C(C)C)cn2cnnc12. The minimum atomic E-state index is 0.388. The van der Waals surface area contributed by atoms with Crippen LogP contribution >= 0.6 is 0 Å². The molecule has 0 radical (unpaired) electrons. The van der Waals surface area contributed by atoms with Gasteiger partial charge < -0.3 is 14.6 Å². The van der Waals surface area contributed by atoms with Crippen LogP contribution in [0.25, 0.3) is 27.8 Å². The molecule has 0 saturated carbocycles. The summed E-state index contributed by atoms with van der Waals surface area (Å²) in [6, 6.07) is 9.73. The molecule has 6 heteroatoms. The number of nitrogens with zero attached hydrogens (tertiary/aromatic N) is 4. The average Bonchev–Trinajstić information content (AvgIpc) is 3.42. The standard InChI is InChI=1S/C26H33N5O/c1-16(2)24-21-12-19(18-8-10-30(11-9-18)17(3)4)6-7-22(21)28-25(24)20-13-23(32-5)26-29-27-15-31(26)14-20/h6-7,12-18,28H,8-11H2,1-5H3. The van der Waals surface area contributed by atoms with E-state index in [0.29, 0.717) is 17.9 Å². The third-order valence-corrected chi connectivity index (χ3v) is 7.04. The van der Waals surface area contributed by atoms with Crippen LogP contribution in [0.4, 0.5) is 0 Å². The van der Waals surface area contributed by atoms with Crippen molar-refractivity contribution in [2.45, 2.75) is 58.4 Å². The Morgan fingerprint density at radius 3 is 2.56 bits per heavy atom. The fourth-order valence-electron chi connectivity index (χ4n) is 5.25. The Morgan fingerprint density at radius 1 is 1.09 bits per heavy atom. The number of likely N-dealkylation sites (tertiary alicyclic amines) is 1. The molecule has 0 aliphatic carbocycles. The molecule has 0 spiro atoms. The third-order valence-electron chi connectivity index (χ3n) is 7.04. The number of methoxy groups -OCH3 is 1. The van der Waals surface area contributed by atoms with Gasteiger partial charge in [0.05, 0.1) is 12.8 Å². The first-order chi connectivity index (χ1) is 15.5. The van der Waals surface area contributed by atoms with Gasteiger partial charge in [0.15, 0.2) is 5.75 Å². The molecule has 32 heavy (non-hydrogen) atoms. The van der Waals surface area contributed by atoms with Gasteiger partial charge in [-0.3, -0.25) is 4.40 Å². The molecule has 6 nitrogen and oxygen atoms in total. The van der Waals surface area contributed by atoms with Crippen LogP contribution in [0.1, 0.15) is 63.5 Å². The van der Waals surface area contributed by atoms with Gasteiger partial charge in [-0.1, -0.05) is 19.9 Å². The molecule has 1 saturated heterocycles. The number of hydrogen-bond donors (Lipinski definition) is 1. The highest BCUT2D eigenvalue weighted by Gasteiger charge is 2.24. The van der Waals surface area contributed by atoms with Crippen molar-refractivity contribution in [3.8, 4) is 17.0 Å². The first kappa shape index (κ1) is 21.0. The Balaban J connectivity index is 1.57. The number of ether oxygens (including phenoxy) is 1. The lowest BCUT2D eigenvalue weighted by Gasteiger charge is -2.34. The summed E-state index contributed by atoms with van der Waals surface area (Å²) < 4.78 is 7.53. The van der Waals surface area contributed by atoms with Crippen LogP contribution in [-0.2, 0) is 0 Å². The lowest BCUT2D eigenvalue weighted by molar-refractivity contribution is 0.172. The molecule has 0 bridgehead atoms. The second kappa shape index (κ2) is 8.24. The van der Waals surface area contributed by atoms with Crippen molar-refractivity contribution in [1.29, 1.82) is 0 Å². The largest absolute Gasteiger partial charge is 0.493 e. The molecule has 1 fully saturated rings. The van der Waals surface area contributed by atoms with Crippen molar-refractivity contribution in [1.82, 2.24) is 24.5 Å². The maximum Gasteiger partial charge on any atom is 0.203 e. The van der Waals surface area contributed by atoms with Gasteiger partial charge in [0.1, 0.15) is 6.33 Å². The van der Waals surface area contributed by atoms with Crippen molar-refractivity contribution in [3.63, 3.8) is 0 Å². The lowest BCUT2D eigenvalue weighted by Crippen LogP contribution is -2.37. The highest BCUT2D eigenvalue weighted by atomic mass is 16.5. The molecule has 0 atom stereocenters.